The lowest BCUT2D eigenvalue weighted by Gasteiger charge is -2.24. The van der Waals surface area contributed by atoms with E-state index in [1.165, 1.54) is 12.8 Å². The molecule has 2 aliphatic rings. The predicted octanol–water partition coefficient (Wildman–Crippen LogP) is 2.89. The average molecular weight is 287 g/mol. The summed E-state index contributed by atoms with van der Waals surface area (Å²) in [7, 11) is 0. The summed E-state index contributed by atoms with van der Waals surface area (Å²) in [5.41, 5.74) is 8.08. The van der Waals surface area contributed by atoms with Crippen LogP contribution in [0.15, 0.2) is 24.3 Å². The first-order chi connectivity index (χ1) is 10.2. The van der Waals surface area contributed by atoms with Crippen molar-refractivity contribution in [2.45, 2.75) is 50.5 Å². The molecule has 0 atom stereocenters. The lowest BCUT2D eigenvalue weighted by molar-refractivity contribution is -0.117. The highest BCUT2D eigenvalue weighted by Crippen LogP contribution is 2.32. The van der Waals surface area contributed by atoms with E-state index in [9.17, 15) is 4.79 Å². The zero-order chi connectivity index (χ0) is 14.7. The number of hydrogen-bond acceptors (Lipinski definition) is 3. The van der Waals surface area contributed by atoms with Crippen LogP contribution in [-0.2, 0) is 4.79 Å². The molecule has 1 saturated heterocycles. The summed E-state index contributed by atoms with van der Waals surface area (Å²) < 4.78 is 0. The van der Waals surface area contributed by atoms with E-state index in [0.29, 0.717) is 6.42 Å². The minimum absolute atomic E-state index is 0.0473. The van der Waals surface area contributed by atoms with Crippen molar-refractivity contribution in [3.63, 3.8) is 0 Å². The van der Waals surface area contributed by atoms with E-state index in [1.807, 2.05) is 18.2 Å². The maximum atomic E-state index is 12.3. The number of nitrogens with two attached hydrogens (primary N) is 1. The van der Waals surface area contributed by atoms with Crippen molar-refractivity contribution in [3.8, 4) is 0 Å². The van der Waals surface area contributed by atoms with Crippen LogP contribution in [0.4, 0.5) is 11.4 Å². The van der Waals surface area contributed by atoms with Gasteiger partial charge in [-0.1, -0.05) is 25.0 Å². The Morgan fingerprint density at radius 2 is 1.81 bits per heavy atom. The van der Waals surface area contributed by atoms with Gasteiger partial charge in [0.15, 0.2) is 0 Å². The molecule has 1 aromatic carbocycles. The number of anilines is 2. The van der Waals surface area contributed by atoms with Crippen molar-refractivity contribution >= 4 is 17.3 Å². The van der Waals surface area contributed by atoms with Crippen LogP contribution in [0.1, 0.15) is 44.9 Å². The highest BCUT2D eigenvalue weighted by molar-refractivity contribution is 5.95. The van der Waals surface area contributed by atoms with Crippen molar-refractivity contribution in [3.05, 3.63) is 24.3 Å². The third kappa shape index (κ3) is 3.38. The number of hydrogen-bond donors (Lipinski definition) is 2. The van der Waals surface area contributed by atoms with E-state index >= 15 is 0 Å². The minimum atomic E-state index is -0.285. The van der Waals surface area contributed by atoms with Gasteiger partial charge in [-0.3, -0.25) is 4.79 Å². The van der Waals surface area contributed by atoms with Gasteiger partial charge in [0.25, 0.3) is 0 Å². The molecule has 21 heavy (non-hydrogen) atoms. The van der Waals surface area contributed by atoms with E-state index in [0.717, 1.165) is 50.1 Å². The topological polar surface area (TPSA) is 58.4 Å². The Balaban J connectivity index is 1.68. The van der Waals surface area contributed by atoms with Crippen LogP contribution >= 0.6 is 0 Å². The maximum absolute atomic E-state index is 12.3. The van der Waals surface area contributed by atoms with Crippen molar-refractivity contribution < 1.29 is 4.79 Å². The normalized spacial score (nSPS) is 20.7. The lowest BCUT2D eigenvalue weighted by Crippen LogP contribution is -2.40. The van der Waals surface area contributed by atoms with Gasteiger partial charge in [-0.2, -0.15) is 0 Å². The molecule has 0 aromatic heterocycles. The van der Waals surface area contributed by atoms with Gasteiger partial charge in [0, 0.05) is 25.0 Å². The lowest BCUT2D eigenvalue weighted by atomic mass is 9.94. The Hall–Kier alpha value is -1.55. The Morgan fingerprint density at radius 3 is 2.52 bits per heavy atom. The van der Waals surface area contributed by atoms with Crippen LogP contribution in [0.3, 0.4) is 0 Å². The van der Waals surface area contributed by atoms with Gasteiger partial charge >= 0.3 is 0 Å². The van der Waals surface area contributed by atoms with E-state index < -0.39 is 0 Å². The van der Waals surface area contributed by atoms with Gasteiger partial charge < -0.3 is 16.0 Å². The minimum Gasteiger partial charge on any atom is -0.370 e. The number of rotatable bonds is 4. The van der Waals surface area contributed by atoms with Crippen LogP contribution in [-0.4, -0.2) is 24.5 Å². The number of nitrogens with one attached hydrogen (secondary N) is 1. The molecule has 1 saturated carbocycles. The van der Waals surface area contributed by atoms with Gasteiger partial charge in [-0.25, -0.2) is 0 Å². The van der Waals surface area contributed by atoms with Gasteiger partial charge in [0.1, 0.15) is 0 Å². The number of carbonyl (C=O) groups excluding carboxylic acids is 1. The Bertz CT molecular complexity index is 503. The molecule has 1 heterocycles. The van der Waals surface area contributed by atoms with Crippen LogP contribution in [0, 0.1) is 0 Å². The zero-order valence-electron chi connectivity index (χ0n) is 12.6. The summed E-state index contributed by atoms with van der Waals surface area (Å²) in [4.78, 5) is 14.7. The first-order valence-electron chi connectivity index (χ1n) is 8.09. The van der Waals surface area contributed by atoms with Crippen LogP contribution in [0.25, 0.3) is 0 Å². The molecule has 2 fully saturated rings. The van der Waals surface area contributed by atoms with Crippen LogP contribution in [0.2, 0.25) is 0 Å². The van der Waals surface area contributed by atoms with E-state index in [-0.39, 0.29) is 11.4 Å². The molecule has 0 unspecified atom stereocenters. The van der Waals surface area contributed by atoms with Gasteiger partial charge in [-0.15, -0.1) is 0 Å². The first kappa shape index (κ1) is 14.4. The molecule has 1 amide bonds. The maximum Gasteiger partial charge on any atom is 0.226 e. The highest BCUT2D eigenvalue weighted by Gasteiger charge is 2.31. The Labute approximate surface area is 126 Å². The van der Waals surface area contributed by atoms with Crippen LogP contribution in [0.5, 0.6) is 0 Å². The average Bonchev–Trinajstić information content (AvgIpc) is 3.11. The third-order valence-corrected chi connectivity index (χ3v) is 4.74. The number of carbonyl (C=O) groups is 1. The van der Waals surface area contributed by atoms with Crippen molar-refractivity contribution in [1.29, 1.82) is 0 Å². The van der Waals surface area contributed by atoms with E-state index in [2.05, 4.69) is 16.3 Å². The smallest absolute Gasteiger partial charge is 0.226 e. The fourth-order valence-corrected chi connectivity index (χ4v) is 3.58. The number of nitrogens with zero attached hydrogens (tertiary/aromatic N) is 1. The molecule has 3 rings (SSSR count). The molecule has 0 spiro atoms. The summed E-state index contributed by atoms with van der Waals surface area (Å²) >= 11 is 0. The second kappa shape index (κ2) is 6.06. The second-order valence-corrected chi connectivity index (χ2v) is 6.51. The largest absolute Gasteiger partial charge is 0.370 e. The summed E-state index contributed by atoms with van der Waals surface area (Å²) in [6.45, 7) is 2.15. The standard InChI is InChI=1S/C17H25N3O/c18-17(9-3-4-10-17)13-16(21)19-14-7-1-2-8-15(14)20-11-5-6-12-20/h1-2,7-8H,3-6,9-13,18H2,(H,19,21). The fourth-order valence-electron chi connectivity index (χ4n) is 3.58. The van der Waals surface area contributed by atoms with E-state index in [1.54, 1.807) is 0 Å². The first-order valence-corrected chi connectivity index (χ1v) is 8.09. The molecular formula is C17H25N3O. The zero-order valence-corrected chi connectivity index (χ0v) is 12.6. The molecule has 1 aromatic rings. The summed E-state index contributed by atoms with van der Waals surface area (Å²) in [5.74, 6) is 0.0473. The molecule has 3 N–H and O–H groups in total. The quantitative estimate of drug-likeness (QED) is 0.895. The molecular weight excluding hydrogens is 262 g/mol. The van der Waals surface area contributed by atoms with Gasteiger partial charge in [0.2, 0.25) is 5.91 Å². The van der Waals surface area contributed by atoms with Gasteiger partial charge in [0.05, 0.1) is 11.4 Å². The molecule has 0 radical (unpaired) electrons. The summed E-state index contributed by atoms with van der Waals surface area (Å²) in [6, 6.07) is 8.09. The molecule has 1 aliphatic heterocycles. The molecule has 4 heteroatoms. The number of amides is 1. The molecule has 1 aliphatic carbocycles. The van der Waals surface area contributed by atoms with Crippen molar-refractivity contribution in [2.24, 2.45) is 5.73 Å². The predicted molar refractivity (Wildman–Crippen MR) is 86.5 cm³/mol. The molecule has 0 bridgehead atoms. The molecule has 114 valence electrons. The fraction of sp³-hybridized carbons (Fsp3) is 0.588. The van der Waals surface area contributed by atoms with Crippen molar-refractivity contribution in [2.75, 3.05) is 23.3 Å². The number of para-hydroxylation sites is 2. The Kier molecular flexibility index (Phi) is 4.15. The van der Waals surface area contributed by atoms with E-state index in [4.69, 9.17) is 5.73 Å². The Morgan fingerprint density at radius 1 is 1.14 bits per heavy atom. The second-order valence-electron chi connectivity index (χ2n) is 6.51. The summed E-state index contributed by atoms with van der Waals surface area (Å²) in [5, 5.41) is 3.08. The SMILES string of the molecule is NC1(CC(=O)Nc2ccccc2N2CCCC2)CCCC1. The summed E-state index contributed by atoms with van der Waals surface area (Å²) in [6.07, 6.45) is 7.12. The number of benzene rings is 1. The van der Waals surface area contributed by atoms with Gasteiger partial charge in [-0.05, 0) is 37.8 Å². The van der Waals surface area contributed by atoms with Crippen molar-refractivity contribution in [1.82, 2.24) is 0 Å². The highest BCUT2D eigenvalue weighted by atomic mass is 16.1. The monoisotopic (exact) mass is 287 g/mol. The third-order valence-electron chi connectivity index (χ3n) is 4.74. The molecule has 4 nitrogen and oxygen atoms in total. The van der Waals surface area contributed by atoms with Crippen LogP contribution < -0.4 is 16.0 Å².